The van der Waals surface area contributed by atoms with E-state index in [4.69, 9.17) is 16.0 Å². The SMILES string of the molecule is Cc1ccc(-c2nnc(N=[S-](=O)c3nnc(-c4ccncc4)n3-c3ccccc3Cl)o2)cc1. The van der Waals surface area contributed by atoms with Crippen LogP contribution in [0.2, 0.25) is 5.02 Å². The molecule has 0 fully saturated rings. The molecule has 5 rings (SSSR count). The van der Waals surface area contributed by atoms with Crippen LogP contribution in [-0.4, -0.2) is 29.9 Å². The number of hydrogen-bond donors (Lipinski definition) is 0. The Morgan fingerprint density at radius 3 is 2.42 bits per heavy atom. The van der Waals surface area contributed by atoms with Gasteiger partial charge in [0.2, 0.25) is 5.89 Å². The molecule has 0 unspecified atom stereocenters. The van der Waals surface area contributed by atoms with E-state index in [0.717, 1.165) is 16.7 Å². The molecular formula is C22H15ClN7O2S-. The van der Waals surface area contributed by atoms with Crippen molar-refractivity contribution < 1.29 is 8.63 Å². The highest BCUT2D eigenvalue weighted by Crippen LogP contribution is 2.29. The number of pyridine rings is 1. The van der Waals surface area contributed by atoms with Gasteiger partial charge in [-0.3, -0.25) is 9.55 Å². The summed E-state index contributed by atoms with van der Waals surface area (Å²) in [6.07, 6.45) is 3.26. The third-order valence-electron chi connectivity index (χ3n) is 4.70. The fourth-order valence-corrected chi connectivity index (χ4v) is 4.07. The van der Waals surface area contributed by atoms with Crippen molar-refractivity contribution >= 4 is 28.2 Å². The van der Waals surface area contributed by atoms with Crippen LogP contribution >= 0.6 is 11.6 Å². The number of hydrogen-bond acceptors (Lipinski definition) is 9. The molecule has 0 spiro atoms. The lowest BCUT2D eigenvalue weighted by atomic mass is 10.1. The second-order valence-corrected chi connectivity index (χ2v) is 8.38. The van der Waals surface area contributed by atoms with Gasteiger partial charge in [-0.2, -0.15) is 5.10 Å². The summed E-state index contributed by atoms with van der Waals surface area (Å²) in [5, 5.41) is 16.8. The Labute approximate surface area is 195 Å². The molecule has 0 aliphatic heterocycles. The van der Waals surface area contributed by atoms with Crippen molar-refractivity contribution in [1.82, 2.24) is 29.9 Å². The molecule has 2 aromatic carbocycles. The molecular weight excluding hydrogens is 462 g/mol. The molecule has 3 aromatic heterocycles. The van der Waals surface area contributed by atoms with Gasteiger partial charge in [-0.25, -0.2) is 0 Å². The monoisotopic (exact) mass is 476 g/mol. The van der Waals surface area contributed by atoms with Crippen LogP contribution in [0.4, 0.5) is 6.01 Å². The lowest BCUT2D eigenvalue weighted by Gasteiger charge is -2.13. The van der Waals surface area contributed by atoms with E-state index in [1.807, 2.05) is 37.3 Å². The summed E-state index contributed by atoms with van der Waals surface area (Å²) >= 11 is 6.44. The van der Waals surface area contributed by atoms with Crippen molar-refractivity contribution in [2.75, 3.05) is 0 Å². The highest BCUT2D eigenvalue weighted by molar-refractivity contribution is 7.74. The van der Waals surface area contributed by atoms with E-state index in [2.05, 4.69) is 29.7 Å². The summed E-state index contributed by atoms with van der Waals surface area (Å²) in [6, 6.07) is 18.1. The van der Waals surface area contributed by atoms with Crippen molar-refractivity contribution in [1.29, 1.82) is 0 Å². The first-order valence-electron chi connectivity index (χ1n) is 9.75. The van der Waals surface area contributed by atoms with E-state index >= 15 is 0 Å². The van der Waals surface area contributed by atoms with Gasteiger partial charge in [0.15, 0.2) is 5.82 Å². The summed E-state index contributed by atoms with van der Waals surface area (Å²) in [6.45, 7) is 1.98. The molecule has 0 aliphatic rings. The first-order chi connectivity index (χ1) is 16.1. The lowest BCUT2D eigenvalue weighted by Crippen LogP contribution is -2.02. The summed E-state index contributed by atoms with van der Waals surface area (Å²) in [5.74, 6) is 0.714. The van der Waals surface area contributed by atoms with E-state index in [1.54, 1.807) is 47.3 Å². The van der Waals surface area contributed by atoms with Crippen molar-refractivity contribution in [3.8, 4) is 28.5 Å². The van der Waals surface area contributed by atoms with Crippen molar-refractivity contribution in [3.63, 3.8) is 0 Å². The number of benzene rings is 2. The zero-order chi connectivity index (χ0) is 22.8. The Morgan fingerprint density at radius 2 is 1.67 bits per heavy atom. The maximum Gasteiger partial charge on any atom is 0.318 e. The molecule has 164 valence electrons. The zero-order valence-electron chi connectivity index (χ0n) is 17.2. The number of para-hydroxylation sites is 1. The maximum absolute atomic E-state index is 13.2. The van der Waals surface area contributed by atoms with Crippen molar-refractivity contribution in [3.05, 3.63) is 83.6 Å². The van der Waals surface area contributed by atoms with Crippen LogP contribution in [0, 0.1) is 6.92 Å². The zero-order valence-corrected chi connectivity index (χ0v) is 18.7. The van der Waals surface area contributed by atoms with Crippen molar-refractivity contribution in [2.45, 2.75) is 12.1 Å². The first-order valence-corrected chi connectivity index (χ1v) is 11.2. The molecule has 0 saturated carbocycles. The molecule has 0 saturated heterocycles. The predicted molar refractivity (Wildman–Crippen MR) is 122 cm³/mol. The van der Waals surface area contributed by atoms with Gasteiger partial charge in [-0.1, -0.05) is 46.5 Å². The van der Waals surface area contributed by atoms with Gasteiger partial charge in [0.05, 0.1) is 15.9 Å². The minimum Gasteiger partial charge on any atom is -0.437 e. The van der Waals surface area contributed by atoms with Crippen LogP contribution in [-0.2, 0) is 14.8 Å². The highest BCUT2D eigenvalue weighted by atomic mass is 35.5. The molecule has 0 bridgehead atoms. The predicted octanol–water partition coefficient (Wildman–Crippen LogP) is 5.18. The van der Waals surface area contributed by atoms with Gasteiger partial charge in [0.1, 0.15) is 0 Å². The van der Waals surface area contributed by atoms with Gasteiger partial charge < -0.3 is 13.0 Å². The Kier molecular flexibility index (Phi) is 5.68. The molecule has 0 aliphatic carbocycles. The summed E-state index contributed by atoms with van der Waals surface area (Å²) in [4.78, 5) is 4.03. The fourth-order valence-electron chi connectivity index (χ4n) is 3.10. The summed E-state index contributed by atoms with van der Waals surface area (Å²) in [7, 11) is -2.01. The standard InChI is InChI=1S/C22H15ClN7O2S/c1-14-6-8-16(9-7-14)20-26-27-21(32-20)29-33(31)22-28-25-19(15-10-12-24-13-11-15)30(22)18-5-3-2-4-17(18)23/h2-13H,1H3/q-1. The van der Waals surface area contributed by atoms with E-state index < -0.39 is 10.6 Å². The molecule has 0 amide bonds. The third kappa shape index (κ3) is 4.26. The van der Waals surface area contributed by atoms with E-state index in [9.17, 15) is 4.21 Å². The smallest absolute Gasteiger partial charge is 0.318 e. The first kappa shape index (κ1) is 21.0. The van der Waals surface area contributed by atoms with Gasteiger partial charge in [-0.05, 0) is 43.3 Å². The van der Waals surface area contributed by atoms with Crippen LogP contribution in [0.1, 0.15) is 5.56 Å². The fraction of sp³-hybridized carbons (Fsp3) is 0.0455. The molecule has 33 heavy (non-hydrogen) atoms. The highest BCUT2D eigenvalue weighted by Gasteiger charge is 2.15. The molecule has 5 aromatic rings. The Hall–Kier alpha value is -3.89. The molecule has 0 radical (unpaired) electrons. The average Bonchev–Trinajstić information content (AvgIpc) is 3.48. The van der Waals surface area contributed by atoms with Gasteiger partial charge in [0, 0.05) is 23.5 Å². The second kappa shape index (κ2) is 8.93. The summed E-state index contributed by atoms with van der Waals surface area (Å²) in [5.41, 5.74) is 3.12. The van der Waals surface area contributed by atoms with E-state index in [0.29, 0.717) is 16.5 Å². The second-order valence-electron chi connectivity index (χ2n) is 6.93. The van der Waals surface area contributed by atoms with Crippen LogP contribution in [0.5, 0.6) is 0 Å². The average molecular weight is 477 g/mol. The number of halogens is 1. The van der Waals surface area contributed by atoms with Gasteiger partial charge in [-0.15, -0.1) is 20.8 Å². The van der Waals surface area contributed by atoms with Gasteiger partial charge >= 0.3 is 6.01 Å². The largest absolute Gasteiger partial charge is 0.437 e. The van der Waals surface area contributed by atoms with Crippen LogP contribution in [0.3, 0.4) is 0 Å². The third-order valence-corrected chi connectivity index (χ3v) is 5.91. The van der Waals surface area contributed by atoms with Crippen molar-refractivity contribution in [2.24, 2.45) is 4.36 Å². The number of nitrogens with zero attached hydrogens (tertiary/aromatic N) is 7. The maximum atomic E-state index is 13.2. The van der Waals surface area contributed by atoms with Crippen LogP contribution in [0.15, 0.2) is 87.0 Å². The van der Waals surface area contributed by atoms with Gasteiger partial charge in [0.25, 0.3) is 0 Å². The van der Waals surface area contributed by atoms with Crippen LogP contribution < -0.4 is 0 Å². The van der Waals surface area contributed by atoms with Crippen LogP contribution in [0.25, 0.3) is 28.5 Å². The molecule has 3 heterocycles. The van der Waals surface area contributed by atoms with E-state index in [-0.39, 0.29) is 17.1 Å². The minimum absolute atomic E-state index is 0.0602. The number of rotatable bonds is 5. The normalized spacial score (nSPS) is 12.2. The Bertz CT molecular complexity index is 1510. The molecule has 0 N–H and O–H groups in total. The quantitative estimate of drug-likeness (QED) is 0.321. The summed E-state index contributed by atoms with van der Waals surface area (Å²) < 4.78 is 24.4. The Morgan fingerprint density at radius 1 is 0.909 bits per heavy atom. The number of aryl methyl sites for hydroxylation is 1. The Balaban J connectivity index is 1.59. The van der Waals surface area contributed by atoms with E-state index in [1.165, 1.54) is 0 Å². The molecule has 9 nitrogen and oxygen atoms in total. The molecule has 0 atom stereocenters. The minimum atomic E-state index is -2.01. The topological polar surface area (TPSA) is 112 Å². The molecule has 11 heteroatoms. The number of aromatic nitrogens is 6. The lowest BCUT2D eigenvalue weighted by molar-refractivity contribution is 0.573.